The van der Waals surface area contributed by atoms with E-state index in [1.807, 2.05) is 60.7 Å². The van der Waals surface area contributed by atoms with Crippen LogP contribution in [0.2, 0.25) is 0 Å². The number of fused-ring (bicyclic) bond motifs is 5. The Hall–Kier alpha value is -7.50. The summed E-state index contributed by atoms with van der Waals surface area (Å²) in [4.78, 5) is 7.48. The minimum Gasteiger partial charge on any atom is -0.314 e. The smallest absolute Gasteiger partial charge is 0.138 e. The molecule has 260 valence electrons. The quantitative estimate of drug-likeness (QED) is 0.133. The molecular weight excluding hydrogens is 671 g/mol. The molecule has 0 atom stereocenters. The average Bonchev–Trinajstić information content (AvgIpc) is 3.81. The lowest BCUT2D eigenvalue weighted by Crippen LogP contribution is -2.25. The molecule has 0 fully saturated rings. The maximum Gasteiger partial charge on any atom is 0.138 e. The van der Waals surface area contributed by atoms with Crippen LogP contribution in [-0.4, -0.2) is 20.0 Å². The first kappa shape index (κ1) is 32.2. The third-order valence-electron chi connectivity index (χ3n) is 10.4. The Bertz CT molecular complexity index is 2910. The molecule has 0 saturated carbocycles. The van der Waals surface area contributed by atoms with Gasteiger partial charge in [-0.25, -0.2) is 4.98 Å². The molecule has 7 aromatic carbocycles. The second-order valence-corrected chi connectivity index (χ2v) is 13.6. The molecule has 0 aliphatic heterocycles. The lowest BCUT2D eigenvalue weighted by atomic mass is 10.0. The fraction of sp³-hybridized carbons (Fsp3) is 0. The standard InChI is InChI=1S/C50H35N5/c51-50(37-22-10-3-11-23-37)54(40-26-14-5-15-27-40)46-34-53(39-24-12-4-13-25-39)44-30-31-45-48(49(44)46)41-28-16-17-29-43(41)55(45)47-33-38(35-18-6-1-7-19-35)32-42(52-47)36-20-8-2-9-21-36/h1-34,51H. The number of benzene rings is 7. The van der Waals surface area contributed by atoms with Crippen molar-refractivity contribution in [2.45, 2.75) is 0 Å². The van der Waals surface area contributed by atoms with Gasteiger partial charge < -0.3 is 4.57 Å². The van der Waals surface area contributed by atoms with Crippen LogP contribution in [0.5, 0.6) is 0 Å². The molecular formula is C50H35N5. The first-order chi connectivity index (χ1) is 27.2. The van der Waals surface area contributed by atoms with E-state index in [1.54, 1.807) is 0 Å². The van der Waals surface area contributed by atoms with Gasteiger partial charge in [-0.05, 0) is 65.7 Å². The number of nitrogens with one attached hydrogen (secondary N) is 1. The Balaban J connectivity index is 1.32. The third-order valence-corrected chi connectivity index (χ3v) is 10.4. The van der Waals surface area contributed by atoms with Crippen molar-refractivity contribution in [3.8, 4) is 33.9 Å². The monoisotopic (exact) mass is 705 g/mol. The molecule has 5 nitrogen and oxygen atoms in total. The van der Waals surface area contributed by atoms with Gasteiger partial charge in [0.1, 0.15) is 11.7 Å². The molecule has 3 heterocycles. The fourth-order valence-corrected chi connectivity index (χ4v) is 7.86. The number of pyridine rings is 1. The zero-order valence-electron chi connectivity index (χ0n) is 29.9. The number of nitrogens with zero attached hydrogens (tertiary/aromatic N) is 4. The second-order valence-electron chi connectivity index (χ2n) is 13.6. The number of hydrogen-bond donors (Lipinski definition) is 1. The van der Waals surface area contributed by atoms with Crippen molar-refractivity contribution in [3.63, 3.8) is 0 Å². The maximum absolute atomic E-state index is 9.77. The zero-order valence-corrected chi connectivity index (χ0v) is 29.9. The molecule has 55 heavy (non-hydrogen) atoms. The number of hydrogen-bond acceptors (Lipinski definition) is 2. The molecule has 10 rings (SSSR count). The van der Waals surface area contributed by atoms with Crippen molar-refractivity contribution in [1.29, 1.82) is 5.41 Å². The Labute approximate surface area is 319 Å². The second kappa shape index (κ2) is 13.5. The molecule has 0 amide bonds. The first-order valence-corrected chi connectivity index (χ1v) is 18.5. The van der Waals surface area contributed by atoms with E-state index in [4.69, 9.17) is 4.98 Å². The SMILES string of the molecule is N=C(c1ccccc1)N(c1ccccc1)c1cn(-c2ccccc2)c2ccc3c(c4ccccc4n3-c3cc(-c4ccccc4)cc(-c4ccccc4)n3)c12. The summed E-state index contributed by atoms with van der Waals surface area (Å²) >= 11 is 0. The van der Waals surface area contributed by atoms with Crippen LogP contribution in [-0.2, 0) is 0 Å². The highest BCUT2D eigenvalue weighted by atomic mass is 15.2. The molecule has 10 aromatic rings. The van der Waals surface area contributed by atoms with E-state index in [1.165, 1.54) is 0 Å². The summed E-state index contributed by atoms with van der Waals surface area (Å²) in [6, 6.07) is 69.1. The van der Waals surface area contributed by atoms with E-state index in [0.29, 0.717) is 5.84 Å². The topological polar surface area (TPSA) is 49.8 Å². The van der Waals surface area contributed by atoms with Gasteiger partial charge in [-0.2, -0.15) is 0 Å². The highest BCUT2D eigenvalue weighted by Crippen LogP contribution is 2.45. The summed E-state index contributed by atoms with van der Waals surface area (Å²) in [6.45, 7) is 0. The van der Waals surface area contributed by atoms with Gasteiger partial charge >= 0.3 is 0 Å². The van der Waals surface area contributed by atoms with Crippen LogP contribution in [0.1, 0.15) is 5.56 Å². The zero-order chi connectivity index (χ0) is 36.7. The molecule has 0 saturated heterocycles. The maximum atomic E-state index is 9.77. The number of aromatic nitrogens is 3. The summed E-state index contributed by atoms with van der Waals surface area (Å²) in [7, 11) is 0. The van der Waals surface area contributed by atoms with Crippen LogP contribution in [0.4, 0.5) is 11.4 Å². The Morgan fingerprint density at radius 2 is 1.07 bits per heavy atom. The Morgan fingerprint density at radius 3 is 1.78 bits per heavy atom. The van der Waals surface area contributed by atoms with Crippen molar-refractivity contribution < 1.29 is 0 Å². The minimum absolute atomic E-state index is 0.393. The van der Waals surface area contributed by atoms with Crippen LogP contribution < -0.4 is 4.90 Å². The predicted octanol–water partition coefficient (Wildman–Crippen LogP) is 12.6. The van der Waals surface area contributed by atoms with Crippen LogP contribution in [0.3, 0.4) is 0 Å². The highest BCUT2D eigenvalue weighted by molar-refractivity contribution is 6.27. The molecule has 0 unspecified atom stereocenters. The molecule has 1 N–H and O–H groups in total. The molecule has 5 heteroatoms. The summed E-state index contributed by atoms with van der Waals surface area (Å²) < 4.78 is 4.56. The normalized spacial score (nSPS) is 11.3. The van der Waals surface area contributed by atoms with Gasteiger partial charge in [-0.3, -0.25) is 14.9 Å². The van der Waals surface area contributed by atoms with Crippen LogP contribution >= 0.6 is 0 Å². The van der Waals surface area contributed by atoms with E-state index >= 15 is 0 Å². The van der Waals surface area contributed by atoms with Crippen LogP contribution in [0.15, 0.2) is 206 Å². The number of para-hydroxylation sites is 3. The number of amidine groups is 1. The lowest BCUT2D eigenvalue weighted by molar-refractivity contribution is 1.08. The van der Waals surface area contributed by atoms with Gasteiger partial charge in [0.15, 0.2) is 0 Å². The summed E-state index contributed by atoms with van der Waals surface area (Å²) in [5.41, 5.74) is 11.1. The van der Waals surface area contributed by atoms with Crippen LogP contribution in [0, 0.1) is 5.41 Å². The predicted molar refractivity (Wildman–Crippen MR) is 228 cm³/mol. The van der Waals surface area contributed by atoms with Crippen molar-refractivity contribution in [2.75, 3.05) is 4.90 Å². The highest BCUT2D eigenvalue weighted by Gasteiger charge is 2.26. The molecule has 0 radical (unpaired) electrons. The average molecular weight is 706 g/mol. The van der Waals surface area contributed by atoms with E-state index < -0.39 is 0 Å². The van der Waals surface area contributed by atoms with Gasteiger partial charge in [0.05, 0.1) is 27.9 Å². The van der Waals surface area contributed by atoms with E-state index in [-0.39, 0.29) is 0 Å². The van der Waals surface area contributed by atoms with E-state index in [9.17, 15) is 5.41 Å². The summed E-state index contributed by atoms with van der Waals surface area (Å²) in [6.07, 6.45) is 2.19. The van der Waals surface area contributed by atoms with Crippen molar-refractivity contribution >= 4 is 49.9 Å². The fourth-order valence-electron chi connectivity index (χ4n) is 7.86. The first-order valence-electron chi connectivity index (χ1n) is 18.5. The summed E-state index contributed by atoms with van der Waals surface area (Å²) in [5, 5.41) is 13.1. The van der Waals surface area contributed by atoms with Crippen molar-refractivity contribution in [2.24, 2.45) is 0 Å². The number of rotatable bonds is 7. The van der Waals surface area contributed by atoms with Gasteiger partial charge in [-0.1, -0.05) is 146 Å². The lowest BCUT2D eigenvalue weighted by Gasteiger charge is -2.25. The van der Waals surface area contributed by atoms with Gasteiger partial charge in [0, 0.05) is 44.9 Å². The van der Waals surface area contributed by atoms with Gasteiger partial charge in [0.25, 0.3) is 0 Å². The van der Waals surface area contributed by atoms with E-state index in [2.05, 4.69) is 160 Å². The molecule has 0 aliphatic carbocycles. The molecule has 3 aromatic heterocycles. The van der Waals surface area contributed by atoms with E-state index in [0.717, 1.165) is 83.5 Å². The minimum atomic E-state index is 0.393. The summed E-state index contributed by atoms with van der Waals surface area (Å²) in [5.74, 6) is 1.23. The van der Waals surface area contributed by atoms with Crippen molar-refractivity contribution in [1.82, 2.24) is 14.1 Å². The Morgan fingerprint density at radius 1 is 0.491 bits per heavy atom. The van der Waals surface area contributed by atoms with Gasteiger partial charge in [-0.15, -0.1) is 0 Å². The van der Waals surface area contributed by atoms with Gasteiger partial charge in [0.2, 0.25) is 0 Å². The largest absolute Gasteiger partial charge is 0.314 e. The van der Waals surface area contributed by atoms with Crippen LogP contribution in [0.25, 0.3) is 66.6 Å². The number of anilines is 2. The molecule has 0 aliphatic rings. The molecule has 0 bridgehead atoms. The Kier molecular flexibility index (Phi) is 7.89. The molecule has 0 spiro atoms. The third kappa shape index (κ3) is 5.58. The van der Waals surface area contributed by atoms with Crippen molar-refractivity contribution in [3.05, 3.63) is 212 Å².